The fourth-order valence-electron chi connectivity index (χ4n) is 1.99. The molecule has 3 N–H and O–H groups in total. The van der Waals surface area contributed by atoms with Crippen LogP contribution in [0, 0.1) is 0 Å². The number of rotatable bonds is 7. The zero-order chi connectivity index (χ0) is 13.6. The molecule has 1 aliphatic rings. The van der Waals surface area contributed by atoms with Crippen LogP contribution in [0.2, 0.25) is 0 Å². The molecular weight excluding hydrogens is 232 g/mol. The summed E-state index contributed by atoms with van der Waals surface area (Å²) in [6.45, 7) is 7.64. The SMILES string of the molecule is CCCC(C)(N)C(=O)NC(C)COC1CCOC1. The fourth-order valence-corrected chi connectivity index (χ4v) is 1.99. The molecule has 18 heavy (non-hydrogen) atoms. The fraction of sp³-hybridized carbons (Fsp3) is 0.923. The second-order valence-electron chi connectivity index (χ2n) is 5.36. The van der Waals surface area contributed by atoms with Crippen LogP contribution in [0.15, 0.2) is 0 Å². The number of nitrogens with two attached hydrogens (primary N) is 1. The highest BCUT2D eigenvalue weighted by atomic mass is 16.5. The minimum Gasteiger partial charge on any atom is -0.379 e. The molecule has 0 spiro atoms. The highest BCUT2D eigenvalue weighted by molar-refractivity contribution is 5.85. The van der Waals surface area contributed by atoms with E-state index in [1.807, 2.05) is 13.8 Å². The Bertz CT molecular complexity index is 263. The van der Waals surface area contributed by atoms with Crippen molar-refractivity contribution in [2.45, 2.75) is 57.7 Å². The summed E-state index contributed by atoms with van der Waals surface area (Å²) in [4.78, 5) is 11.9. The molecule has 1 amide bonds. The molecule has 0 saturated carbocycles. The summed E-state index contributed by atoms with van der Waals surface area (Å²) in [6.07, 6.45) is 2.68. The molecule has 0 aliphatic carbocycles. The van der Waals surface area contributed by atoms with Gasteiger partial charge in [-0.25, -0.2) is 0 Å². The first-order chi connectivity index (χ1) is 8.45. The zero-order valence-electron chi connectivity index (χ0n) is 11.7. The Kier molecular flexibility index (Phi) is 6.05. The lowest BCUT2D eigenvalue weighted by atomic mass is 9.96. The maximum atomic E-state index is 11.9. The maximum Gasteiger partial charge on any atom is 0.240 e. The van der Waals surface area contributed by atoms with Gasteiger partial charge in [-0.05, 0) is 26.7 Å². The predicted molar refractivity (Wildman–Crippen MR) is 70.3 cm³/mol. The van der Waals surface area contributed by atoms with Crippen molar-refractivity contribution in [2.75, 3.05) is 19.8 Å². The molecule has 1 heterocycles. The first kappa shape index (κ1) is 15.4. The third kappa shape index (κ3) is 4.92. The van der Waals surface area contributed by atoms with Crippen molar-refractivity contribution in [1.82, 2.24) is 5.32 Å². The third-order valence-corrected chi connectivity index (χ3v) is 3.14. The van der Waals surface area contributed by atoms with E-state index in [-0.39, 0.29) is 18.1 Å². The monoisotopic (exact) mass is 258 g/mol. The zero-order valence-corrected chi connectivity index (χ0v) is 11.7. The number of amides is 1. The van der Waals surface area contributed by atoms with Crippen molar-refractivity contribution in [3.63, 3.8) is 0 Å². The number of hydrogen-bond acceptors (Lipinski definition) is 4. The van der Waals surface area contributed by atoms with Crippen molar-refractivity contribution >= 4 is 5.91 Å². The molecule has 0 aromatic carbocycles. The van der Waals surface area contributed by atoms with Crippen LogP contribution in [0.25, 0.3) is 0 Å². The summed E-state index contributed by atoms with van der Waals surface area (Å²) in [5.74, 6) is -0.108. The minimum atomic E-state index is -0.792. The summed E-state index contributed by atoms with van der Waals surface area (Å²) < 4.78 is 10.9. The molecule has 0 aromatic rings. The Balaban J connectivity index is 2.25. The lowest BCUT2D eigenvalue weighted by molar-refractivity contribution is -0.127. The first-order valence-electron chi connectivity index (χ1n) is 6.75. The van der Waals surface area contributed by atoms with Gasteiger partial charge in [0.05, 0.1) is 24.9 Å². The maximum absolute atomic E-state index is 11.9. The number of carbonyl (C=O) groups is 1. The molecule has 0 bridgehead atoms. The molecule has 3 atom stereocenters. The van der Waals surface area contributed by atoms with Crippen molar-refractivity contribution in [3.8, 4) is 0 Å². The topological polar surface area (TPSA) is 73.6 Å². The molecular formula is C13H26N2O3. The van der Waals surface area contributed by atoms with Crippen LogP contribution in [-0.2, 0) is 14.3 Å². The second-order valence-corrected chi connectivity index (χ2v) is 5.36. The standard InChI is InChI=1S/C13H26N2O3/c1-4-6-13(3,14)12(16)15-10(2)8-18-11-5-7-17-9-11/h10-11H,4-9,14H2,1-3H3,(H,15,16). The molecule has 0 radical (unpaired) electrons. The van der Waals surface area contributed by atoms with Gasteiger partial charge in [0.2, 0.25) is 5.91 Å². The molecule has 5 nitrogen and oxygen atoms in total. The first-order valence-corrected chi connectivity index (χ1v) is 6.75. The van der Waals surface area contributed by atoms with Gasteiger partial charge in [-0.1, -0.05) is 13.3 Å². The van der Waals surface area contributed by atoms with Crippen molar-refractivity contribution in [3.05, 3.63) is 0 Å². The van der Waals surface area contributed by atoms with E-state index in [0.29, 0.717) is 19.6 Å². The van der Waals surface area contributed by atoms with E-state index in [1.54, 1.807) is 6.92 Å². The summed E-state index contributed by atoms with van der Waals surface area (Å²) in [6, 6.07) is -0.0298. The molecule has 106 valence electrons. The summed E-state index contributed by atoms with van der Waals surface area (Å²) in [5.41, 5.74) is 5.17. The van der Waals surface area contributed by atoms with Crippen LogP contribution in [0.3, 0.4) is 0 Å². The number of nitrogens with one attached hydrogen (secondary N) is 1. The molecule has 1 fully saturated rings. The van der Waals surface area contributed by atoms with E-state index < -0.39 is 5.54 Å². The lowest BCUT2D eigenvalue weighted by Gasteiger charge is -2.25. The highest BCUT2D eigenvalue weighted by Gasteiger charge is 2.28. The van der Waals surface area contributed by atoms with E-state index in [0.717, 1.165) is 19.4 Å². The van der Waals surface area contributed by atoms with Crippen LogP contribution in [0.5, 0.6) is 0 Å². The molecule has 1 saturated heterocycles. The van der Waals surface area contributed by atoms with E-state index in [4.69, 9.17) is 15.2 Å². The molecule has 5 heteroatoms. The average molecular weight is 258 g/mol. The van der Waals surface area contributed by atoms with Gasteiger partial charge < -0.3 is 20.5 Å². The smallest absolute Gasteiger partial charge is 0.240 e. The quantitative estimate of drug-likeness (QED) is 0.709. The number of ether oxygens (including phenoxy) is 2. The van der Waals surface area contributed by atoms with E-state index >= 15 is 0 Å². The molecule has 0 aromatic heterocycles. The van der Waals surface area contributed by atoms with Crippen LogP contribution in [0.1, 0.15) is 40.0 Å². The van der Waals surface area contributed by atoms with E-state index in [9.17, 15) is 4.79 Å². The van der Waals surface area contributed by atoms with Gasteiger partial charge in [0.25, 0.3) is 0 Å². The van der Waals surface area contributed by atoms with Crippen LogP contribution >= 0.6 is 0 Å². The van der Waals surface area contributed by atoms with Gasteiger partial charge in [-0.15, -0.1) is 0 Å². The van der Waals surface area contributed by atoms with Crippen molar-refractivity contribution in [2.24, 2.45) is 5.73 Å². The van der Waals surface area contributed by atoms with Crippen LogP contribution < -0.4 is 11.1 Å². The summed E-state index contributed by atoms with van der Waals surface area (Å²) in [7, 11) is 0. The van der Waals surface area contributed by atoms with E-state index in [2.05, 4.69) is 5.32 Å². The second kappa shape index (κ2) is 7.07. The van der Waals surface area contributed by atoms with Gasteiger partial charge in [-0.2, -0.15) is 0 Å². The Morgan fingerprint density at radius 1 is 1.67 bits per heavy atom. The Morgan fingerprint density at radius 3 is 2.94 bits per heavy atom. The normalized spacial score (nSPS) is 24.6. The van der Waals surface area contributed by atoms with Gasteiger partial charge in [0, 0.05) is 12.6 Å². The number of carbonyl (C=O) groups excluding carboxylic acids is 1. The summed E-state index contributed by atoms with van der Waals surface area (Å²) >= 11 is 0. The lowest BCUT2D eigenvalue weighted by Crippen LogP contribution is -2.54. The third-order valence-electron chi connectivity index (χ3n) is 3.14. The van der Waals surface area contributed by atoms with E-state index in [1.165, 1.54) is 0 Å². The summed E-state index contributed by atoms with van der Waals surface area (Å²) in [5, 5.41) is 2.90. The average Bonchev–Trinajstić information content (AvgIpc) is 2.79. The Labute approximate surface area is 109 Å². The van der Waals surface area contributed by atoms with Crippen LogP contribution in [-0.4, -0.2) is 43.4 Å². The van der Waals surface area contributed by atoms with Gasteiger partial charge in [0.1, 0.15) is 0 Å². The van der Waals surface area contributed by atoms with Crippen LogP contribution in [0.4, 0.5) is 0 Å². The predicted octanol–water partition coefficient (Wildman–Crippen LogP) is 0.814. The highest BCUT2D eigenvalue weighted by Crippen LogP contribution is 2.10. The molecule has 3 unspecified atom stereocenters. The van der Waals surface area contributed by atoms with Gasteiger partial charge in [-0.3, -0.25) is 4.79 Å². The van der Waals surface area contributed by atoms with Crippen molar-refractivity contribution < 1.29 is 14.3 Å². The minimum absolute atomic E-state index is 0.0298. The van der Waals surface area contributed by atoms with Gasteiger partial charge >= 0.3 is 0 Å². The largest absolute Gasteiger partial charge is 0.379 e. The molecule has 1 aliphatic heterocycles. The van der Waals surface area contributed by atoms with Crippen molar-refractivity contribution in [1.29, 1.82) is 0 Å². The Morgan fingerprint density at radius 2 is 2.39 bits per heavy atom. The van der Waals surface area contributed by atoms with Gasteiger partial charge in [0.15, 0.2) is 0 Å². The molecule has 1 rings (SSSR count). The Hall–Kier alpha value is -0.650. The number of hydrogen-bond donors (Lipinski definition) is 2.